The summed E-state index contributed by atoms with van der Waals surface area (Å²) in [6.45, 7) is 8.03. The maximum Gasteiger partial charge on any atom is 0.344 e. The van der Waals surface area contributed by atoms with E-state index in [2.05, 4.69) is 25.1 Å². The third-order valence-corrected chi connectivity index (χ3v) is 5.47. The van der Waals surface area contributed by atoms with E-state index in [1.807, 2.05) is 39.0 Å². The Kier molecular flexibility index (Phi) is 5.47. The Morgan fingerprint density at radius 1 is 0.806 bits per heavy atom. The van der Waals surface area contributed by atoms with Crippen LogP contribution in [0.1, 0.15) is 32.6 Å². The Labute approximate surface area is 182 Å². The predicted octanol–water partition coefficient (Wildman–Crippen LogP) is 6.36. The molecule has 4 aromatic rings. The number of carbonyl (C=O) groups is 1. The van der Waals surface area contributed by atoms with Gasteiger partial charge in [-0.05, 0) is 69.2 Å². The van der Waals surface area contributed by atoms with Gasteiger partial charge in [-0.2, -0.15) is 0 Å². The van der Waals surface area contributed by atoms with Crippen LogP contribution in [-0.4, -0.2) is 18.1 Å². The molecule has 4 nitrogen and oxygen atoms in total. The van der Waals surface area contributed by atoms with Gasteiger partial charge in [0.05, 0.1) is 23.9 Å². The molecule has 0 N–H and O–H groups in total. The zero-order valence-corrected chi connectivity index (χ0v) is 18.4. The van der Waals surface area contributed by atoms with Gasteiger partial charge in [-0.15, -0.1) is 0 Å². The van der Waals surface area contributed by atoms with Crippen molar-refractivity contribution in [1.82, 2.24) is 4.98 Å². The van der Waals surface area contributed by atoms with Gasteiger partial charge in [-0.25, -0.2) is 9.78 Å². The molecule has 0 aliphatic carbocycles. The van der Waals surface area contributed by atoms with Crippen LogP contribution >= 0.6 is 0 Å². The first-order chi connectivity index (χ1) is 14.9. The van der Waals surface area contributed by atoms with Crippen molar-refractivity contribution in [3.8, 4) is 22.8 Å². The first-order valence-corrected chi connectivity index (χ1v) is 10.2. The predicted molar refractivity (Wildman–Crippen MR) is 124 cm³/mol. The molecule has 0 fully saturated rings. The van der Waals surface area contributed by atoms with Crippen molar-refractivity contribution in [2.45, 2.75) is 27.7 Å². The Bertz CT molecular complexity index is 1270. The summed E-state index contributed by atoms with van der Waals surface area (Å²) < 4.78 is 10.9. The highest BCUT2D eigenvalue weighted by Crippen LogP contribution is 2.33. The summed E-state index contributed by atoms with van der Waals surface area (Å²) in [6.07, 6.45) is 0. The van der Waals surface area contributed by atoms with E-state index in [0.717, 1.165) is 38.9 Å². The number of nitrogens with zero attached hydrogens (tertiary/aromatic N) is 1. The fourth-order valence-electron chi connectivity index (χ4n) is 3.87. The minimum absolute atomic E-state index is 0.395. The summed E-state index contributed by atoms with van der Waals surface area (Å²) in [6, 6.07) is 19.3. The fourth-order valence-corrected chi connectivity index (χ4v) is 3.87. The maximum atomic E-state index is 13.4. The van der Waals surface area contributed by atoms with Gasteiger partial charge in [0, 0.05) is 10.9 Å². The number of aryl methyl sites for hydroxylation is 3. The Hall–Kier alpha value is -3.66. The molecule has 0 bridgehead atoms. The van der Waals surface area contributed by atoms with E-state index in [1.165, 1.54) is 5.56 Å². The highest BCUT2D eigenvalue weighted by Gasteiger charge is 2.22. The largest absolute Gasteiger partial charge is 0.497 e. The number of hydrogen-bond donors (Lipinski definition) is 0. The van der Waals surface area contributed by atoms with Crippen molar-refractivity contribution < 1.29 is 14.3 Å². The third kappa shape index (κ3) is 4.02. The second-order valence-corrected chi connectivity index (χ2v) is 7.87. The smallest absolute Gasteiger partial charge is 0.344 e. The molecule has 4 heteroatoms. The summed E-state index contributed by atoms with van der Waals surface area (Å²) in [4.78, 5) is 18.3. The van der Waals surface area contributed by atoms with Crippen molar-refractivity contribution in [3.05, 3.63) is 88.5 Å². The van der Waals surface area contributed by atoms with Crippen LogP contribution in [0.2, 0.25) is 0 Å². The average Bonchev–Trinajstić information content (AvgIpc) is 2.74. The maximum absolute atomic E-state index is 13.4. The van der Waals surface area contributed by atoms with Gasteiger partial charge in [0.15, 0.2) is 0 Å². The van der Waals surface area contributed by atoms with E-state index in [1.54, 1.807) is 31.4 Å². The summed E-state index contributed by atoms with van der Waals surface area (Å²) >= 11 is 0. The zero-order chi connectivity index (χ0) is 22.1. The Morgan fingerprint density at radius 3 is 2.10 bits per heavy atom. The second kappa shape index (κ2) is 8.23. The standard InChI is InChI=1S/C27H25NO3/c1-16-6-8-20(9-7-16)26-19(4)24(23-15-17(2)14-18(3)25(23)28-26)27(29)31-22-12-10-21(30-5)11-13-22/h6-15H,1-5H3. The topological polar surface area (TPSA) is 48.4 Å². The Balaban J connectivity index is 1.89. The molecule has 156 valence electrons. The van der Waals surface area contributed by atoms with Crippen molar-refractivity contribution in [2.24, 2.45) is 0 Å². The number of benzene rings is 3. The molecule has 1 aromatic heterocycles. The number of aromatic nitrogens is 1. The lowest BCUT2D eigenvalue weighted by atomic mass is 9.95. The van der Waals surface area contributed by atoms with Gasteiger partial charge >= 0.3 is 5.97 Å². The second-order valence-electron chi connectivity index (χ2n) is 7.87. The van der Waals surface area contributed by atoms with E-state index in [9.17, 15) is 4.79 Å². The number of methoxy groups -OCH3 is 1. The molecule has 0 aliphatic heterocycles. The lowest BCUT2D eigenvalue weighted by Gasteiger charge is -2.16. The summed E-state index contributed by atoms with van der Waals surface area (Å²) in [5.74, 6) is 0.781. The molecule has 0 radical (unpaired) electrons. The summed E-state index contributed by atoms with van der Waals surface area (Å²) in [5, 5.41) is 0.810. The highest BCUT2D eigenvalue weighted by molar-refractivity contribution is 6.08. The molecule has 0 unspecified atom stereocenters. The third-order valence-electron chi connectivity index (χ3n) is 5.47. The molecule has 31 heavy (non-hydrogen) atoms. The number of carbonyl (C=O) groups excluding carboxylic acids is 1. The van der Waals surface area contributed by atoms with E-state index >= 15 is 0 Å². The molecule has 0 amide bonds. The van der Waals surface area contributed by atoms with E-state index in [0.29, 0.717) is 17.1 Å². The van der Waals surface area contributed by atoms with E-state index in [4.69, 9.17) is 14.5 Å². The van der Waals surface area contributed by atoms with Crippen LogP contribution < -0.4 is 9.47 Å². The number of esters is 1. The molecule has 1 heterocycles. The van der Waals surface area contributed by atoms with E-state index in [-0.39, 0.29) is 0 Å². The van der Waals surface area contributed by atoms with Gasteiger partial charge in [0.2, 0.25) is 0 Å². The first-order valence-electron chi connectivity index (χ1n) is 10.2. The summed E-state index contributed by atoms with van der Waals surface area (Å²) in [7, 11) is 1.60. The van der Waals surface area contributed by atoms with Gasteiger partial charge in [-0.1, -0.05) is 41.5 Å². The van der Waals surface area contributed by atoms with Crippen molar-refractivity contribution in [1.29, 1.82) is 0 Å². The van der Waals surface area contributed by atoms with Crippen molar-refractivity contribution in [2.75, 3.05) is 7.11 Å². The number of rotatable bonds is 4. The molecular formula is C27H25NO3. The Morgan fingerprint density at radius 2 is 1.45 bits per heavy atom. The molecular weight excluding hydrogens is 386 g/mol. The zero-order valence-electron chi connectivity index (χ0n) is 18.4. The molecule has 4 rings (SSSR count). The quantitative estimate of drug-likeness (QED) is 0.289. The minimum atomic E-state index is -0.395. The number of pyridine rings is 1. The van der Waals surface area contributed by atoms with Crippen LogP contribution in [0.3, 0.4) is 0 Å². The average molecular weight is 412 g/mol. The lowest BCUT2D eigenvalue weighted by molar-refractivity contribution is 0.0736. The minimum Gasteiger partial charge on any atom is -0.497 e. The monoisotopic (exact) mass is 411 g/mol. The number of hydrogen-bond acceptors (Lipinski definition) is 4. The summed E-state index contributed by atoms with van der Waals surface area (Å²) in [5.41, 5.74) is 7.21. The van der Waals surface area contributed by atoms with Crippen molar-refractivity contribution >= 4 is 16.9 Å². The van der Waals surface area contributed by atoms with Gasteiger partial charge < -0.3 is 9.47 Å². The lowest BCUT2D eigenvalue weighted by Crippen LogP contribution is -2.13. The van der Waals surface area contributed by atoms with Crippen LogP contribution in [0.5, 0.6) is 11.5 Å². The first kappa shape index (κ1) is 20.6. The van der Waals surface area contributed by atoms with Crippen molar-refractivity contribution in [3.63, 3.8) is 0 Å². The fraction of sp³-hybridized carbons (Fsp3) is 0.185. The van der Waals surface area contributed by atoms with Crippen LogP contribution in [0.25, 0.3) is 22.2 Å². The molecule has 3 aromatic carbocycles. The van der Waals surface area contributed by atoms with E-state index < -0.39 is 5.97 Å². The van der Waals surface area contributed by atoms with Gasteiger partial charge in [-0.3, -0.25) is 0 Å². The van der Waals surface area contributed by atoms with Gasteiger partial charge in [0.1, 0.15) is 11.5 Å². The molecule has 0 aliphatic rings. The number of ether oxygens (including phenoxy) is 2. The number of fused-ring (bicyclic) bond motifs is 1. The normalized spacial score (nSPS) is 10.9. The van der Waals surface area contributed by atoms with Crippen LogP contribution in [0.15, 0.2) is 60.7 Å². The van der Waals surface area contributed by atoms with Crippen LogP contribution in [-0.2, 0) is 0 Å². The molecule has 0 saturated heterocycles. The van der Waals surface area contributed by atoms with Crippen LogP contribution in [0.4, 0.5) is 0 Å². The van der Waals surface area contributed by atoms with Gasteiger partial charge in [0.25, 0.3) is 0 Å². The van der Waals surface area contributed by atoms with Crippen LogP contribution in [0, 0.1) is 27.7 Å². The highest BCUT2D eigenvalue weighted by atomic mass is 16.5. The molecule has 0 atom stereocenters. The SMILES string of the molecule is COc1ccc(OC(=O)c2c(C)c(-c3ccc(C)cc3)nc3c(C)cc(C)cc23)cc1. The molecule has 0 spiro atoms. The molecule has 0 saturated carbocycles.